The van der Waals surface area contributed by atoms with Crippen molar-refractivity contribution in [2.45, 2.75) is 16.6 Å². The minimum Gasteiger partial charge on any atom is -0.543 e. The van der Waals surface area contributed by atoms with E-state index >= 15 is 0 Å². The molecule has 2 aromatic rings. The van der Waals surface area contributed by atoms with Gasteiger partial charge in [-0.05, 0) is 34.2 Å². The van der Waals surface area contributed by atoms with E-state index in [-0.39, 0.29) is 63.8 Å². The fraction of sp³-hybridized carbons (Fsp3) is 0.316. The number of benzene rings is 1. The molecule has 2 aliphatic rings. The van der Waals surface area contributed by atoms with Crippen LogP contribution in [0.1, 0.15) is 5.56 Å². The summed E-state index contributed by atoms with van der Waals surface area (Å²) in [6.45, 7) is 0. The number of nitrogens with zero attached hydrogens (tertiary/aromatic N) is 6. The Labute approximate surface area is 234 Å². The molecule has 2 unspecified atom stereocenters. The average molecular weight is 544 g/mol. The smallest absolute Gasteiger partial charge is 0.543 e. The molecule has 0 spiro atoms. The number of β-lactam (4-membered cyclic amide) rings is 1. The van der Waals surface area contributed by atoms with Gasteiger partial charge < -0.3 is 30.3 Å². The average Bonchev–Trinajstić information content (AvgIpc) is 3.26. The van der Waals surface area contributed by atoms with Crippen molar-refractivity contribution < 1.29 is 64.1 Å². The number of fused-ring (bicyclic) bond motifs is 1. The number of hydrogen-bond acceptors (Lipinski definition) is 13. The topological polar surface area (TPSA) is 195 Å². The number of methoxy groups -OCH3 is 1. The Hall–Kier alpha value is -2.79. The van der Waals surface area contributed by atoms with Gasteiger partial charge >= 0.3 is 29.6 Å². The van der Waals surface area contributed by atoms with Crippen LogP contribution in [0.3, 0.4) is 0 Å². The van der Waals surface area contributed by atoms with E-state index in [2.05, 4.69) is 26.0 Å². The monoisotopic (exact) mass is 543 g/mol. The quantitative estimate of drug-likeness (QED) is 0.0720. The first-order valence-corrected chi connectivity index (χ1v) is 11.9. The van der Waals surface area contributed by atoms with E-state index in [1.807, 2.05) is 0 Å². The van der Waals surface area contributed by atoms with Crippen molar-refractivity contribution in [3.63, 3.8) is 0 Å². The number of rotatable bonds is 8. The first kappa shape index (κ1) is 27.8. The molecule has 17 heteroatoms. The van der Waals surface area contributed by atoms with Crippen LogP contribution >= 0.6 is 23.5 Å². The summed E-state index contributed by atoms with van der Waals surface area (Å²) in [7, 11) is 2.96. The number of aryl methyl sites for hydroxylation is 1. The zero-order valence-electron chi connectivity index (χ0n) is 19.2. The van der Waals surface area contributed by atoms with E-state index < -0.39 is 34.9 Å². The molecular formula is C19H18N7NaO7S2. The van der Waals surface area contributed by atoms with Gasteiger partial charge in [0.15, 0.2) is 17.2 Å². The van der Waals surface area contributed by atoms with Crippen LogP contribution in [0.5, 0.6) is 11.5 Å². The van der Waals surface area contributed by atoms with Crippen molar-refractivity contribution in [3.8, 4) is 11.5 Å². The summed E-state index contributed by atoms with van der Waals surface area (Å²) in [6, 6.07) is 2.84. The number of aliphatic carboxylic acids is 1. The molecule has 36 heavy (non-hydrogen) atoms. The number of carboxylic acid groups (broad SMARTS) is 1. The maximum atomic E-state index is 12.8. The number of carbonyl (C=O) groups is 3. The molecule has 3 heterocycles. The Balaban J connectivity index is 0.00000361. The summed E-state index contributed by atoms with van der Waals surface area (Å²) < 4.78 is 6.43. The van der Waals surface area contributed by atoms with Crippen LogP contribution in [0.4, 0.5) is 0 Å². The first-order valence-electron chi connectivity index (χ1n) is 9.90. The Kier molecular flexibility index (Phi) is 8.89. The SMILES string of the molecule is COc1cc(/C(=N\O)C(=O)NC2C(=O)N3C(C(=O)[O-])=C(CSc4nnnn4C)CSC23)ccc1O.[Na+]. The molecule has 0 radical (unpaired) electrons. The van der Waals surface area contributed by atoms with E-state index in [1.165, 1.54) is 53.5 Å². The normalized spacial score (nSPS) is 19.2. The molecule has 3 N–H and O–H groups in total. The summed E-state index contributed by atoms with van der Waals surface area (Å²) >= 11 is 2.49. The standard InChI is InChI=1S/C19H19N7O7S2.Na/c1-25-19(21-23-24-25)35-7-9-6-34-17-13(16(29)26(17)14(9)18(30)31)20-15(28)12(22-32)8-3-4-10(27)11(5-8)33-2;/h3-5,13,17,27,32H,6-7H2,1-2H3,(H,20,28)(H,30,31);/q;+1/p-1/b22-12+;. The van der Waals surface area contributed by atoms with E-state index in [0.29, 0.717) is 10.7 Å². The van der Waals surface area contributed by atoms with Crippen LogP contribution in [0, 0.1) is 0 Å². The number of carboxylic acids is 1. The number of aromatic nitrogens is 4. The van der Waals surface area contributed by atoms with Crippen molar-refractivity contribution >= 4 is 47.0 Å². The van der Waals surface area contributed by atoms with Crippen molar-refractivity contribution in [1.82, 2.24) is 30.4 Å². The maximum absolute atomic E-state index is 12.8. The van der Waals surface area contributed by atoms with Gasteiger partial charge in [0, 0.05) is 24.1 Å². The summed E-state index contributed by atoms with van der Waals surface area (Å²) in [5, 5.41) is 47.4. The second-order valence-corrected chi connectivity index (χ2v) is 9.36. The minimum absolute atomic E-state index is 0. The first-order chi connectivity index (χ1) is 16.8. The third kappa shape index (κ3) is 5.17. The fourth-order valence-corrected chi connectivity index (χ4v) is 5.88. The number of tetrazole rings is 1. The molecule has 2 amide bonds. The van der Waals surface area contributed by atoms with Gasteiger partial charge in [-0.2, -0.15) is 0 Å². The molecule has 14 nitrogen and oxygen atoms in total. The van der Waals surface area contributed by atoms with E-state index in [4.69, 9.17) is 4.74 Å². The summed E-state index contributed by atoms with van der Waals surface area (Å²) in [6.07, 6.45) is 0. The van der Waals surface area contributed by atoms with Gasteiger partial charge in [0.1, 0.15) is 11.4 Å². The molecule has 1 aromatic carbocycles. The van der Waals surface area contributed by atoms with Gasteiger partial charge in [-0.1, -0.05) is 16.9 Å². The van der Waals surface area contributed by atoms with E-state index in [9.17, 15) is 29.8 Å². The van der Waals surface area contributed by atoms with Crippen LogP contribution in [-0.2, 0) is 21.4 Å². The van der Waals surface area contributed by atoms with Crippen LogP contribution in [-0.4, -0.2) is 88.9 Å². The number of amides is 2. The number of carbonyl (C=O) groups excluding carboxylic acids is 3. The summed E-state index contributed by atoms with van der Waals surface area (Å²) in [4.78, 5) is 38.6. The van der Waals surface area contributed by atoms with Gasteiger partial charge in [-0.3, -0.25) is 14.5 Å². The van der Waals surface area contributed by atoms with Crippen LogP contribution in [0.25, 0.3) is 0 Å². The van der Waals surface area contributed by atoms with Crippen LogP contribution < -0.4 is 44.7 Å². The molecule has 0 aliphatic carbocycles. The van der Waals surface area contributed by atoms with E-state index in [1.54, 1.807) is 7.05 Å². The number of ether oxygens (including phenoxy) is 1. The van der Waals surface area contributed by atoms with Crippen LogP contribution in [0.15, 0.2) is 39.8 Å². The van der Waals surface area contributed by atoms with Crippen molar-refractivity contribution in [2.75, 3.05) is 18.6 Å². The van der Waals surface area contributed by atoms with Crippen molar-refractivity contribution in [2.24, 2.45) is 12.2 Å². The fourth-order valence-electron chi connectivity index (χ4n) is 3.55. The number of oxime groups is 1. The largest absolute Gasteiger partial charge is 1.00 e. The number of nitrogens with one attached hydrogen (secondary N) is 1. The Morgan fingerprint density at radius 3 is 2.78 bits per heavy atom. The zero-order chi connectivity index (χ0) is 25.3. The number of phenolic OH excluding ortho intramolecular Hbond substituents is 1. The van der Waals surface area contributed by atoms with Gasteiger partial charge in [0.05, 0.1) is 18.8 Å². The molecular weight excluding hydrogens is 525 g/mol. The molecule has 1 fully saturated rings. The molecule has 1 saturated heterocycles. The predicted octanol–water partition coefficient (Wildman–Crippen LogP) is -4.70. The van der Waals surface area contributed by atoms with Crippen LogP contribution in [0.2, 0.25) is 0 Å². The Morgan fingerprint density at radius 2 is 2.17 bits per heavy atom. The second kappa shape index (κ2) is 11.5. The molecule has 4 rings (SSSR count). The van der Waals surface area contributed by atoms with Gasteiger partial charge in [0.25, 0.3) is 11.8 Å². The zero-order valence-corrected chi connectivity index (χ0v) is 22.9. The third-order valence-corrected chi connectivity index (χ3v) is 7.69. The minimum atomic E-state index is -1.51. The molecule has 2 atom stereocenters. The predicted molar refractivity (Wildman–Crippen MR) is 120 cm³/mol. The third-order valence-electron chi connectivity index (χ3n) is 5.25. The maximum Gasteiger partial charge on any atom is 1.00 e. The van der Waals surface area contributed by atoms with Gasteiger partial charge in [-0.25, -0.2) is 4.68 Å². The Bertz CT molecular complexity index is 1270. The Morgan fingerprint density at radius 1 is 1.42 bits per heavy atom. The number of thioether (sulfide) groups is 2. The summed E-state index contributed by atoms with van der Waals surface area (Å²) in [5.74, 6) is -2.64. The summed E-state index contributed by atoms with van der Waals surface area (Å²) in [5.41, 5.74) is -0.0646. The number of aromatic hydroxyl groups is 1. The van der Waals surface area contributed by atoms with Gasteiger partial charge in [0.2, 0.25) is 5.16 Å². The second-order valence-electron chi connectivity index (χ2n) is 7.31. The van der Waals surface area contributed by atoms with Crippen molar-refractivity contribution in [3.05, 3.63) is 35.0 Å². The molecule has 1 aromatic heterocycles. The molecule has 0 saturated carbocycles. The molecule has 0 bridgehead atoms. The number of phenols is 1. The van der Waals surface area contributed by atoms with E-state index in [0.717, 1.165) is 4.90 Å². The molecule has 184 valence electrons. The van der Waals surface area contributed by atoms with Gasteiger partial charge in [-0.15, -0.1) is 16.9 Å². The van der Waals surface area contributed by atoms with Crippen molar-refractivity contribution in [1.29, 1.82) is 0 Å². The number of hydrogen-bond donors (Lipinski definition) is 3. The molecule has 2 aliphatic heterocycles.